The van der Waals surface area contributed by atoms with Gasteiger partial charge in [0.2, 0.25) is 0 Å². The number of nitrogen functional groups attached to an aromatic ring is 1. The van der Waals surface area contributed by atoms with Crippen molar-refractivity contribution in [3.63, 3.8) is 0 Å². The summed E-state index contributed by atoms with van der Waals surface area (Å²) in [6, 6.07) is 5.35. The van der Waals surface area contributed by atoms with Crippen molar-refractivity contribution in [2.45, 2.75) is 6.92 Å². The van der Waals surface area contributed by atoms with E-state index in [0.717, 1.165) is 18.8 Å². The van der Waals surface area contributed by atoms with Crippen LogP contribution >= 0.6 is 0 Å². The highest BCUT2D eigenvalue weighted by molar-refractivity contribution is 5.96. The summed E-state index contributed by atoms with van der Waals surface area (Å²) < 4.78 is 0. The van der Waals surface area contributed by atoms with E-state index < -0.39 is 0 Å². The van der Waals surface area contributed by atoms with Crippen LogP contribution in [-0.2, 0) is 0 Å². The molecule has 0 unspecified atom stereocenters. The number of hydrogen-bond donors (Lipinski definition) is 3. The number of likely N-dealkylation sites (N-methyl/N-ethyl adjacent to an activating group) is 2. The highest BCUT2D eigenvalue weighted by Crippen LogP contribution is 2.23. The molecule has 0 spiro atoms. The third-order valence-corrected chi connectivity index (χ3v) is 2.74. The van der Waals surface area contributed by atoms with Crippen LogP contribution in [0.15, 0.2) is 18.2 Å². The fraction of sp³-hybridized carbons (Fsp3) is 0.462. The minimum Gasteiger partial charge on any atom is -0.397 e. The van der Waals surface area contributed by atoms with Gasteiger partial charge in [-0.1, -0.05) is 0 Å². The van der Waals surface area contributed by atoms with Crippen molar-refractivity contribution in [3.05, 3.63) is 23.8 Å². The van der Waals surface area contributed by atoms with Crippen LogP contribution in [0.3, 0.4) is 0 Å². The number of carbonyl (C=O) groups excluding carboxylic acids is 1. The molecule has 1 aromatic carbocycles. The minimum absolute atomic E-state index is 0.0687. The van der Waals surface area contributed by atoms with Gasteiger partial charge in [0.05, 0.1) is 11.4 Å². The molecule has 0 heterocycles. The molecule has 5 heteroatoms. The normalized spacial score (nSPS) is 10.2. The molecule has 0 saturated heterocycles. The Kier molecular flexibility index (Phi) is 5.45. The lowest BCUT2D eigenvalue weighted by molar-refractivity contribution is 0.0956. The van der Waals surface area contributed by atoms with E-state index in [0.29, 0.717) is 17.8 Å². The fourth-order valence-corrected chi connectivity index (χ4v) is 1.68. The fourth-order valence-electron chi connectivity index (χ4n) is 1.68. The van der Waals surface area contributed by atoms with E-state index in [-0.39, 0.29) is 5.91 Å². The van der Waals surface area contributed by atoms with Gasteiger partial charge in [-0.15, -0.1) is 0 Å². The molecule has 0 aliphatic carbocycles. The number of nitrogens with one attached hydrogen (secondary N) is 2. The molecule has 4 N–H and O–H groups in total. The Hall–Kier alpha value is -1.75. The van der Waals surface area contributed by atoms with Gasteiger partial charge in [-0.3, -0.25) is 4.79 Å². The molecule has 1 aromatic rings. The molecule has 1 rings (SSSR count). The van der Waals surface area contributed by atoms with Crippen molar-refractivity contribution < 1.29 is 4.79 Å². The third kappa shape index (κ3) is 3.63. The molecule has 0 aromatic heterocycles. The average molecular weight is 250 g/mol. The van der Waals surface area contributed by atoms with Crippen LogP contribution in [0.1, 0.15) is 17.3 Å². The first kappa shape index (κ1) is 14.3. The summed E-state index contributed by atoms with van der Waals surface area (Å²) in [7, 11) is 3.87. The molecule has 1 amide bonds. The topological polar surface area (TPSA) is 70.4 Å². The lowest BCUT2D eigenvalue weighted by Crippen LogP contribution is -2.28. The molecule has 0 aliphatic rings. The van der Waals surface area contributed by atoms with E-state index in [1.807, 2.05) is 32.0 Å². The maximum Gasteiger partial charge on any atom is 0.251 e. The zero-order valence-corrected chi connectivity index (χ0v) is 11.3. The van der Waals surface area contributed by atoms with Crippen LogP contribution in [0.4, 0.5) is 11.4 Å². The number of amides is 1. The van der Waals surface area contributed by atoms with E-state index >= 15 is 0 Å². The lowest BCUT2D eigenvalue weighted by Gasteiger charge is -2.21. The second kappa shape index (κ2) is 6.86. The quantitative estimate of drug-likeness (QED) is 0.649. The third-order valence-electron chi connectivity index (χ3n) is 2.74. The monoisotopic (exact) mass is 250 g/mol. The molecule has 18 heavy (non-hydrogen) atoms. The number of nitrogens with two attached hydrogens (primary N) is 1. The van der Waals surface area contributed by atoms with Crippen molar-refractivity contribution in [2.75, 3.05) is 44.4 Å². The molecule has 0 saturated carbocycles. The molecular formula is C13H22N4O. The maximum atomic E-state index is 11.8. The van der Waals surface area contributed by atoms with Crippen molar-refractivity contribution in [3.8, 4) is 0 Å². The minimum atomic E-state index is -0.0687. The number of carbonyl (C=O) groups is 1. The number of rotatable bonds is 6. The molecule has 0 atom stereocenters. The highest BCUT2D eigenvalue weighted by Gasteiger charge is 2.10. The Morgan fingerprint density at radius 2 is 2.17 bits per heavy atom. The van der Waals surface area contributed by atoms with Gasteiger partial charge in [-0.25, -0.2) is 0 Å². The van der Waals surface area contributed by atoms with Crippen LogP contribution in [-0.4, -0.2) is 39.6 Å². The second-order valence-electron chi connectivity index (χ2n) is 4.16. The summed E-state index contributed by atoms with van der Waals surface area (Å²) in [4.78, 5) is 13.8. The van der Waals surface area contributed by atoms with E-state index in [1.54, 1.807) is 12.1 Å². The molecule has 0 bridgehead atoms. The van der Waals surface area contributed by atoms with Gasteiger partial charge in [0.1, 0.15) is 0 Å². The first-order valence-electron chi connectivity index (χ1n) is 6.13. The number of benzene rings is 1. The molecule has 0 radical (unpaired) electrons. The molecule has 100 valence electrons. The summed E-state index contributed by atoms with van der Waals surface area (Å²) in [6.07, 6.45) is 0. The van der Waals surface area contributed by atoms with Gasteiger partial charge in [0.15, 0.2) is 0 Å². The van der Waals surface area contributed by atoms with E-state index in [2.05, 4.69) is 10.6 Å². The van der Waals surface area contributed by atoms with E-state index in [1.165, 1.54) is 0 Å². The predicted octanol–water partition coefficient (Wildman–Crippen LogP) is 0.674. The Labute approximate surface area is 108 Å². The average Bonchev–Trinajstić information content (AvgIpc) is 2.36. The van der Waals surface area contributed by atoms with Crippen LogP contribution in [0.25, 0.3) is 0 Å². The van der Waals surface area contributed by atoms with Crippen molar-refractivity contribution in [2.24, 2.45) is 0 Å². The van der Waals surface area contributed by atoms with Crippen molar-refractivity contribution >= 4 is 17.3 Å². The van der Waals surface area contributed by atoms with Crippen LogP contribution in [0.5, 0.6) is 0 Å². The highest BCUT2D eigenvalue weighted by atomic mass is 16.1. The molecule has 0 aliphatic heterocycles. The Bertz CT molecular complexity index is 406. The SMILES string of the molecule is CCNC(=O)c1ccc(N)c(N(C)CCNC)c1. The summed E-state index contributed by atoms with van der Waals surface area (Å²) >= 11 is 0. The van der Waals surface area contributed by atoms with Crippen molar-refractivity contribution in [1.29, 1.82) is 0 Å². The lowest BCUT2D eigenvalue weighted by atomic mass is 10.1. The Morgan fingerprint density at radius 1 is 1.44 bits per heavy atom. The zero-order chi connectivity index (χ0) is 13.5. The summed E-state index contributed by atoms with van der Waals surface area (Å²) in [5, 5.41) is 5.86. The zero-order valence-electron chi connectivity index (χ0n) is 11.3. The smallest absolute Gasteiger partial charge is 0.251 e. The summed E-state index contributed by atoms with van der Waals surface area (Å²) in [6.45, 7) is 4.21. The van der Waals surface area contributed by atoms with Gasteiger partial charge in [-0.05, 0) is 32.2 Å². The predicted molar refractivity (Wildman–Crippen MR) is 76.1 cm³/mol. The van der Waals surface area contributed by atoms with Crippen LogP contribution in [0, 0.1) is 0 Å². The molecule has 0 fully saturated rings. The molecule has 5 nitrogen and oxygen atoms in total. The maximum absolute atomic E-state index is 11.8. The van der Waals surface area contributed by atoms with E-state index in [9.17, 15) is 4.79 Å². The van der Waals surface area contributed by atoms with Gasteiger partial charge in [0, 0.05) is 32.2 Å². The summed E-state index contributed by atoms with van der Waals surface area (Å²) in [5.41, 5.74) is 8.14. The van der Waals surface area contributed by atoms with Gasteiger partial charge in [0.25, 0.3) is 5.91 Å². The van der Waals surface area contributed by atoms with Gasteiger partial charge < -0.3 is 21.3 Å². The number of hydrogen-bond acceptors (Lipinski definition) is 4. The number of anilines is 2. The van der Waals surface area contributed by atoms with Crippen LogP contribution in [0.2, 0.25) is 0 Å². The second-order valence-corrected chi connectivity index (χ2v) is 4.16. The molecular weight excluding hydrogens is 228 g/mol. The standard InChI is InChI=1S/C13H22N4O/c1-4-16-13(18)10-5-6-11(14)12(9-10)17(3)8-7-15-2/h5-6,9,15H,4,7-8,14H2,1-3H3,(H,16,18). The number of nitrogens with zero attached hydrogens (tertiary/aromatic N) is 1. The first-order chi connectivity index (χ1) is 8.60. The first-order valence-corrected chi connectivity index (χ1v) is 6.13. The largest absolute Gasteiger partial charge is 0.397 e. The Morgan fingerprint density at radius 3 is 2.78 bits per heavy atom. The van der Waals surface area contributed by atoms with E-state index in [4.69, 9.17) is 5.73 Å². The van der Waals surface area contributed by atoms with Crippen molar-refractivity contribution in [1.82, 2.24) is 10.6 Å². The van der Waals surface area contributed by atoms with Crippen LogP contribution < -0.4 is 21.3 Å². The van der Waals surface area contributed by atoms with Gasteiger partial charge >= 0.3 is 0 Å². The summed E-state index contributed by atoms with van der Waals surface area (Å²) in [5.74, 6) is -0.0687. The van der Waals surface area contributed by atoms with Gasteiger partial charge in [-0.2, -0.15) is 0 Å². The Balaban J connectivity index is 2.90.